The first-order chi connectivity index (χ1) is 13.2. The quantitative estimate of drug-likeness (QED) is 0.713. The number of ether oxygens (including phenoxy) is 1. The van der Waals surface area contributed by atoms with Gasteiger partial charge in [0.25, 0.3) is 11.8 Å². The van der Waals surface area contributed by atoms with Crippen LogP contribution >= 0.6 is 0 Å². The number of hydrogen-bond acceptors (Lipinski definition) is 5. The number of methoxy groups -OCH3 is 1. The molecule has 0 saturated carbocycles. The fourth-order valence-corrected chi connectivity index (χ4v) is 3.27. The Bertz CT molecular complexity index is 976. The molecule has 1 saturated heterocycles. The average Bonchev–Trinajstić information content (AvgIpc) is 3.27. The highest BCUT2D eigenvalue weighted by Gasteiger charge is 2.27. The molecule has 1 aromatic carbocycles. The van der Waals surface area contributed by atoms with E-state index in [1.807, 2.05) is 24.3 Å². The molecule has 0 spiro atoms. The van der Waals surface area contributed by atoms with Crippen LogP contribution in [0, 0.1) is 0 Å². The van der Waals surface area contributed by atoms with Gasteiger partial charge < -0.3 is 19.0 Å². The lowest BCUT2D eigenvalue weighted by Crippen LogP contribution is -2.50. The number of rotatable bonds is 3. The SMILES string of the molecule is COc1ccc2c(C(=O)N3CCN(C(=O)c4ccco4)CC3)nccc2c1. The number of nitrogens with zero attached hydrogens (tertiary/aromatic N) is 3. The molecule has 0 radical (unpaired) electrons. The highest BCUT2D eigenvalue weighted by molar-refractivity contribution is 6.05. The zero-order chi connectivity index (χ0) is 18.8. The molecule has 3 aromatic rings. The van der Waals surface area contributed by atoms with E-state index in [1.165, 1.54) is 6.26 Å². The van der Waals surface area contributed by atoms with Crippen LogP contribution in [0.3, 0.4) is 0 Å². The van der Waals surface area contributed by atoms with Crippen LogP contribution in [-0.2, 0) is 0 Å². The van der Waals surface area contributed by atoms with E-state index in [4.69, 9.17) is 9.15 Å². The van der Waals surface area contributed by atoms with Crippen LogP contribution in [0.25, 0.3) is 10.8 Å². The van der Waals surface area contributed by atoms with Gasteiger partial charge in [-0.1, -0.05) is 0 Å². The minimum absolute atomic E-state index is 0.129. The van der Waals surface area contributed by atoms with Gasteiger partial charge in [0.1, 0.15) is 11.4 Å². The van der Waals surface area contributed by atoms with Crippen molar-refractivity contribution in [3.63, 3.8) is 0 Å². The smallest absolute Gasteiger partial charge is 0.289 e. The molecule has 138 valence electrons. The fraction of sp³-hybridized carbons (Fsp3) is 0.250. The Morgan fingerprint density at radius 2 is 1.78 bits per heavy atom. The Morgan fingerprint density at radius 1 is 1.04 bits per heavy atom. The molecule has 0 bridgehead atoms. The van der Waals surface area contributed by atoms with Gasteiger partial charge in [0.15, 0.2) is 5.76 Å². The molecule has 1 fully saturated rings. The van der Waals surface area contributed by atoms with Crippen LogP contribution in [0.15, 0.2) is 53.3 Å². The normalized spacial score (nSPS) is 14.4. The van der Waals surface area contributed by atoms with E-state index >= 15 is 0 Å². The maximum absolute atomic E-state index is 13.0. The predicted octanol–water partition coefficient (Wildman–Crippen LogP) is 2.43. The summed E-state index contributed by atoms with van der Waals surface area (Å²) in [6, 6.07) is 10.7. The number of furan rings is 1. The van der Waals surface area contributed by atoms with Gasteiger partial charge in [0.2, 0.25) is 0 Å². The summed E-state index contributed by atoms with van der Waals surface area (Å²) >= 11 is 0. The van der Waals surface area contributed by atoms with Gasteiger partial charge in [-0.15, -0.1) is 0 Å². The Kier molecular flexibility index (Phi) is 4.50. The van der Waals surface area contributed by atoms with E-state index in [2.05, 4.69) is 4.98 Å². The maximum atomic E-state index is 13.0. The van der Waals surface area contributed by atoms with Gasteiger partial charge in [-0.3, -0.25) is 14.6 Å². The third-order valence-corrected chi connectivity index (χ3v) is 4.76. The van der Waals surface area contributed by atoms with Crippen LogP contribution in [0.4, 0.5) is 0 Å². The first-order valence-corrected chi connectivity index (χ1v) is 8.72. The van der Waals surface area contributed by atoms with Crippen molar-refractivity contribution in [3.8, 4) is 5.75 Å². The molecular weight excluding hydrogens is 346 g/mol. The Morgan fingerprint density at radius 3 is 2.44 bits per heavy atom. The van der Waals surface area contributed by atoms with Gasteiger partial charge in [0, 0.05) is 37.8 Å². The van der Waals surface area contributed by atoms with Crippen molar-refractivity contribution in [1.82, 2.24) is 14.8 Å². The molecule has 0 unspecified atom stereocenters. The predicted molar refractivity (Wildman–Crippen MR) is 98.8 cm³/mol. The van der Waals surface area contributed by atoms with Crippen LogP contribution in [0.1, 0.15) is 21.0 Å². The summed E-state index contributed by atoms with van der Waals surface area (Å²) in [5.74, 6) is 0.773. The van der Waals surface area contributed by atoms with Crippen molar-refractivity contribution in [2.24, 2.45) is 0 Å². The monoisotopic (exact) mass is 365 g/mol. The molecule has 0 atom stereocenters. The standard InChI is InChI=1S/C20H19N3O4/c1-26-15-4-5-16-14(13-15)6-7-21-18(16)20(25)23-10-8-22(9-11-23)19(24)17-3-2-12-27-17/h2-7,12-13H,8-11H2,1H3. The second-order valence-electron chi connectivity index (χ2n) is 6.31. The highest BCUT2D eigenvalue weighted by Crippen LogP contribution is 2.23. The van der Waals surface area contributed by atoms with Gasteiger partial charge in [-0.05, 0) is 41.8 Å². The van der Waals surface area contributed by atoms with Gasteiger partial charge >= 0.3 is 0 Å². The molecule has 1 aliphatic heterocycles. The molecule has 1 aliphatic rings. The summed E-state index contributed by atoms with van der Waals surface area (Å²) in [5, 5.41) is 1.69. The third kappa shape index (κ3) is 3.23. The zero-order valence-corrected chi connectivity index (χ0v) is 14.9. The van der Waals surface area contributed by atoms with Crippen LogP contribution in [0.2, 0.25) is 0 Å². The maximum Gasteiger partial charge on any atom is 0.289 e. The summed E-state index contributed by atoms with van der Waals surface area (Å²) < 4.78 is 10.4. The molecule has 27 heavy (non-hydrogen) atoms. The largest absolute Gasteiger partial charge is 0.497 e. The van der Waals surface area contributed by atoms with E-state index in [9.17, 15) is 9.59 Å². The minimum atomic E-state index is -0.150. The number of carbonyl (C=O) groups excluding carboxylic acids is 2. The lowest BCUT2D eigenvalue weighted by molar-refractivity contribution is 0.0516. The van der Waals surface area contributed by atoms with E-state index in [0.717, 1.165) is 16.5 Å². The number of hydrogen-bond donors (Lipinski definition) is 0. The Labute approximate surface area is 156 Å². The summed E-state index contributed by atoms with van der Waals surface area (Å²) in [6.45, 7) is 1.84. The third-order valence-electron chi connectivity index (χ3n) is 4.76. The van der Waals surface area contributed by atoms with Crippen molar-refractivity contribution in [1.29, 1.82) is 0 Å². The number of pyridine rings is 1. The second kappa shape index (κ2) is 7.11. The van der Waals surface area contributed by atoms with E-state index < -0.39 is 0 Å². The second-order valence-corrected chi connectivity index (χ2v) is 6.31. The fourth-order valence-electron chi connectivity index (χ4n) is 3.27. The van der Waals surface area contributed by atoms with Crippen LogP contribution in [-0.4, -0.2) is 59.9 Å². The summed E-state index contributed by atoms with van der Waals surface area (Å²) in [7, 11) is 1.61. The molecule has 2 aromatic heterocycles. The Balaban J connectivity index is 1.50. The Hall–Kier alpha value is -3.35. The number of carbonyl (C=O) groups is 2. The number of fused-ring (bicyclic) bond motifs is 1. The van der Waals surface area contributed by atoms with Crippen molar-refractivity contribution < 1.29 is 18.7 Å². The molecule has 0 N–H and O–H groups in total. The van der Waals surface area contributed by atoms with E-state index in [1.54, 1.807) is 35.2 Å². The number of aromatic nitrogens is 1. The molecule has 2 amide bonds. The highest BCUT2D eigenvalue weighted by atomic mass is 16.5. The molecule has 3 heterocycles. The molecular formula is C20H19N3O4. The summed E-state index contributed by atoms with van der Waals surface area (Å²) in [4.78, 5) is 33.1. The van der Waals surface area contributed by atoms with Crippen molar-refractivity contribution in [2.75, 3.05) is 33.3 Å². The molecule has 7 heteroatoms. The average molecular weight is 365 g/mol. The molecule has 4 rings (SSSR count). The minimum Gasteiger partial charge on any atom is -0.497 e. The van der Waals surface area contributed by atoms with Crippen molar-refractivity contribution in [3.05, 3.63) is 60.3 Å². The van der Waals surface area contributed by atoms with Crippen LogP contribution in [0.5, 0.6) is 5.75 Å². The topological polar surface area (TPSA) is 75.9 Å². The lowest BCUT2D eigenvalue weighted by atomic mass is 10.1. The summed E-state index contributed by atoms with van der Waals surface area (Å²) in [5.41, 5.74) is 0.418. The number of benzene rings is 1. The van der Waals surface area contributed by atoms with Crippen molar-refractivity contribution in [2.45, 2.75) is 0 Å². The first kappa shape index (κ1) is 17.1. The summed E-state index contributed by atoms with van der Waals surface area (Å²) in [6.07, 6.45) is 3.11. The molecule has 7 nitrogen and oxygen atoms in total. The van der Waals surface area contributed by atoms with Gasteiger partial charge in [-0.2, -0.15) is 0 Å². The van der Waals surface area contributed by atoms with Gasteiger partial charge in [-0.25, -0.2) is 0 Å². The van der Waals surface area contributed by atoms with Crippen molar-refractivity contribution >= 4 is 22.6 Å². The van der Waals surface area contributed by atoms with Crippen LogP contribution < -0.4 is 4.74 Å². The number of piperazine rings is 1. The van der Waals surface area contributed by atoms with E-state index in [0.29, 0.717) is 37.6 Å². The zero-order valence-electron chi connectivity index (χ0n) is 14.9. The first-order valence-electron chi connectivity index (χ1n) is 8.72. The van der Waals surface area contributed by atoms with Gasteiger partial charge in [0.05, 0.1) is 13.4 Å². The lowest BCUT2D eigenvalue weighted by Gasteiger charge is -2.34. The number of amides is 2. The van der Waals surface area contributed by atoms with E-state index in [-0.39, 0.29) is 11.8 Å². The molecule has 0 aliphatic carbocycles.